The van der Waals surface area contributed by atoms with E-state index in [1.54, 1.807) is 18.2 Å². The molecule has 1 saturated heterocycles. The Morgan fingerprint density at radius 1 is 1.11 bits per heavy atom. The molecular formula is C21H25Cl2N2O2. The van der Waals surface area contributed by atoms with Gasteiger partial charge in [0.05, 0.1) is 0 Å². The predicted octanol–water partition coefficient (Wildman–Crippen LogP) is 3.79. The minimum atomic E-state index is -0.554. The number of hydrogen-bond donors (Lipinski definition) is 2. The molecule has 0 unspecified atom stereocenters. The van der Waals surface area contributed by atoms with Crippen molar-refractivity contribution < 1.29 is 9.84 Å². The molecule has 1 aliphatic heterocycles. The van der Waals surface area contributed by atoms with E-state index in [0.29, 0.717) is 23.4 Å². The van der Waals surface area contributed by atoms with Crippen molar-refractivity contribution in [3.63, 3.8) is 0 Å². The molecule has 0 spiro atoms. The number of halogens is 2. The largest absolute Gasteiger partial charge is 0.490 e. The summed E-state index contributed by atoms with van der Waals surface area (Å²) in [6.45, 7) is 3.81. The van der Waals surface area contributed by atoms with Crippen LogP contribution in [0.15, 0.2) is 42.5 Å². The molecule has 145 valence electrons. The molecule has 1 atom stereocenters. The van der Waals surface area contributed by atoms with Crippen molar-refractivity contribution in [1.82, 2.24) is 10.2 Å². The van der Waals surface area contributed by atoms with Crippen LogP contribution >= 0.6 is 23.2 Å². The van der Waals surface area contributed by atoms with Gasteiger partial charge in [-0.05, 0) is 61.8 Å². The number of rotatable bonds is 8. The van der Waals surface area contributed by atoms with Gasteiger partial charge in [0.1, 0.15) is 18.5 Å². The number of aliphatic hydroxyl groups excluding tert-OH is 1. The Kier molecular flexibility index (Phi) is 7.80. The number of hydrogen-bond acceptors (Lipinski definition) is 4. The number of aliphatic hydroxyl groups is 1. The van der Waals surface area contributed by atoms with Crippen LogP contribution in [0.1, 0.15) is 18.4 Å². The molecule has 6 heteroatoms. The standard InChI is InChI=1S/C21H25Cl2N2O2/c22-17-3-1-16(2-4-17)14-25-11-9-19(10-12-25)24-13-20(26)15-27-21-7-5-18(23)6-8-21/h1-7,19-20,24,26H,9-15H2/t20-/m0/s1. The monoisotopic (exact) mass is 407 g/mol. The fourth-order valence-corrected chi connectivity index (χ4v) is 3.42. The van der Waals surface area contributed by atoms with Crippen LogP contribution < -0.4 is 10.1 Å². The van der Waals surface area contributed by atoms with Crippen molar-refractivity contribution in [1.29, 1.82) is 0 Å². The van der Waals surface area contributed by atoms with E-state index in [4.69, 9.17) is 27.9 Å². The summed E-state index contributed by atoms with van der Waals surface area (Å²) >= 11 is 11.8. The molecular weight excluding hydrogens is 383 g/mol. The summed E-state index contributed by atoms with van der Waals surface area (Å²) in [6.07, 6.45) is 1.60. The average molecular weight is 408 g/mol. The summed E-state index contributed by atoms with van der Waals surface area (Å²) in [5.74, 6) is 0.592. The molecule has 0 aliphatic carbocycles. The molecule has 2 aromatic carbocycles. The number of nitrogens with one attached hydrogen (secondary N) is 1. The van der Waals surface area contributed by atoms with Crippen molar-refractivity contribution in [3.8, 4) is 5.75 Å². The Morgan fingerprint density at radius 3 is 2.48 bits per heavy atom. The molecule has 1 heterocycles. The van der Waals surface area contributed by atoms with Gasteiger partial charge in [-0.2, -0.15) is 0 Å². The van der Waals surface area contributed by atoms with Gasteiger partial charge in [0.25, 0.3) is 0 Å². The lowest BCUT2D eigenvalue weighted by Gasteiger charge is -2.33. The quantitative estimate of drug-likeness (QED) is 0.698. The highest BCUT2D eigenvalue weighted by Crippen LogP contribution is 2.17. The minimum absolute atomic E-state index is 0.237. The summed E-state index contributed by atoms with van der Waals surface area (Å²) in [6, 6.07) is 16.6. The topological polar surface area (TPSA) is 44.7 Å². The van der Waals surface area contributed by atoms with Gasteiger partial charge in [0.15, 0.2) is 0 Å². The van der Waals surface area contributed by atoms with Crippen LogP contribution in [0.5, 0.6) is 5.75 Å². The zero-order valence-corrected chi connectivity index (χ0v) is 16.7. The van der Waals surface area contributed by atoms with Crippen molar-refractivity contribution >= 4 is 23.2 Å². The second-order valence-corrected chi connectivity index (χ2v) is 7.79. The molecule has 0 bridgehead atoms. The van der Waals surface area contributed by atoms with Gasteiger partial charge < -0.3 is 15.2 Å². The van der Waals surface area contributed by atoms with Crippen LogP contribution in [0.25, 0.3) is 0 Å². The van der Waals surface area contributed by atoms with Gasteiger partial charge >= 0.3 is 0 Å². The molecule has 3 rings (SSSR count). The number of piperidine rings is 1. The van der Waals surface area contributed by atoms with E-state index in [1.807, 2.05) is 12.1 Å². The normalized spacial score (nSPS) is 17.0. The summed E-state index contributed by atoms with van der Waals surface area (Å²) in [7, 11) is 0. The second kappa shape index (κ2) is 10.3. The maximum atomic E-state index is 10.1. The lowest BCUT2D eigenvalue weighted by Crippen LogP contribution is -2.45. The predicted molar refractivity (Wildman–Crippen MR) is 110 cm³/mol. The summed E-state index contributed by atoms with van der Waals surface area (Å²) in [4.78, 5) is 2.46. The molecule has 2 aromatic rings. The van der Waals surface area contributed by atoms with E-state index in [2.05, 4.69) is 28.4 Å². The van der Waals surface area contributed by atoms with E-state index in [1.165, 1.54) is 5.56 Å². The molecule has 0 amide bonds. The Hall–Kier alpha value is -1.30. The second-order valence-electron chi connectivity index (χ2n) is 6.92. The number of ether oxygens (including phenoxy) is 1. The molecule has 0 aromatic heterocycles. The van der Waals surface area contributed by atoms with Crippen LogP contribution in [0.4, 0.5) is 0 Å². The lowest BCUT2D eigenvalue weighted by atomic mass is 10.0. The first-order valence-electron chi connectivity index (χ1n) is 9.27. The molecule has 1 fully saturated rings. The zero-order chi connectivity index (χ0) is 19.1. The lowest BCUT2D eigenvalue weighted by molar-refractivity contribution is 0.0978. The Labute approximate surface area is 171 Å². The van der Waals surface area contributed by atoms with Crippen LogP contribution in [-0.4, -0.2) is 48.4 Å². The highest BCUT2D eigenvalue weighted by Gasteiger charge is 2.19. The van der Waals surface area contributed by atoms with Crippen molar-refractivity contribution in [2.24, 2.45) is 0 Å². The third-order valence-corrected chi connectivity index (χ3v) is 5.21. The van der Waals surface area contributed by atoms with E-state index in [0.717, 1.165) is 37.5 Å². The smallest absolute Gasteiger partial charge is 0.127 e. The van der Waals surface area contributed by atoms with Gasteiger partial charge in [-0.1, -0.05) is 35.3 Å². The molecule has 4 nitrogen and oxygen atoms in total. The van der Waals surface area contributed by atoms with E-state index in [9.17, 15) is 5.11 Å². The average Bonchev–Trinajstić information content (AvgIpc) is 2.69. The van der Waals surface area contributed by atoms with E-state index >= 15 is 0 Å². The Morgan fingerprint density at radius 2 is 1.81 bits per heavy atom. The zero-order valence-electron chi connectivity index (χ0n) is 15.2. The van der Waals surface area contributed by atoms with Gasteiger partial charge in [-0.15, -0.1) is 0 Å². The molecule has 1 radical (unpaired) electrons. The summed E-state index contributed by atoms with van der Waals surface area (Å²) in [5, 5.41) is 15.0. The number of nitrogens with zero attached hydrogens (tertiary/aromatic N) is 1. The van der Waals surface area contributed by atoms with Gasteiger partial charge in [0.2, 0.25) is 0 Å². The molecule has 0 saturated carbocycles. The van der Waals surface area contributed by atoms with Gasteiger partial charge in [-0.25, -0.2) is 0 Å². The number of likely N-dealkylation sites (tertiary alicyclic amines) is 1. The molecule has 27 heavy (non-hydrogen) atoms. The Balaban J connectivity index is 1.31. The van der Waals surface area contributed by atoms with Gasteiger partial charge in [-0.3, -0.25) is 4.90 Å². The van der Waals surface area contributed by atoms with Crippen molar-refractivity contribution in [3.05, 3.63) is 64.1 Å². The first kappa shape index (κ1) is 20.4. The SMILES string of the molecule is O[C@@H](CNC1CCN(Cc2ccc(Cl)cc2)CC1)COc1[c]cc(Cl)cc1. The van der Waals surface area contributed by atoms with E-state index in [-0.39, 0.29) is 6.61 Å². The Bertz CT molecular complexity index is 686. The maximum absolute atomic E-state index is 10.1. The fourth-order valence-electron chi connectivity index (χ4n) is 3.17. The highest BCUT2D eigenvalue weighted by atomic mass is 35.5. The molecule has 2 N–H and O–H groups in total. The third-order valence-electron chi connectivity index (χ3n) is 4.73. The van der Waals surface area contributed by atoms with Crippen LogP contribution in [0, 0.1) is 6.07 Å². The van der Waals surface area contributed by atoms with Gasteiger partial charge in [0, 0.05) is 35.2 Å². The third kappa shape index (κ3) is 6.98. The summed E-state index contributed by atoms with van der Waals surface area (Å²) < 4.78 is 5.53. The maximum Gasteiger partial charge on any atom is 0.127 e. The first-order chi connectivity index (χ1) is 13.1. The van der Waals surface area contributed by atoms with Crippen LogP contribution in [0.3, 0.4) is 0 Å². The van der Waals surface area contributed by atoms with Crippen LogP contribution in [0.2, 0.25) is 10.0 Å². The molecule has 1 aliphatic rings. The minimum Gasteiger partial charge on any atom is -0.490 e. The highest BCUT2D eigenvalue weighted by molar-refractivity contribution is 6.30. The van der Waals surface area contributed by atoms with Crippen LogP contribution in [-0.2, 0) is 6.54 Å². The fraction of sp³-hybridized carbons (Fsp3) is 0.429. The van der Waals surface area contributed by atoms with Crippen molar-refractivity contribution in [2.45, 2.75) is 31.5 Å². The van der Waals surface area contributed by atoms with E-state index < -0.39 is 6.10 Å². The first-order valence-corrected chi connectivity index (χ1v) is 10.0. The number of benzene rings is 2. The van der Waals surface area contributed by atoms with Crippen molar-refractivity contribution in [2.75, 3.05) is 26.2 Å². The summed E-state index contributed by atoms with van der Waals surface area (Å²) in [5.41, 5.74) is 1.29.